The molecule has 1 aliphatic carbocycles. The van der Waals surface area contributed by atoms with E-state index in [4.69, 9.17) is 11.5 Å². The summed E-state index contributed by atoms with van der Waals surface area (Å²) >= 11 is 0. The lowest BCUT2D eigenvalue weighted by molar-refractivity contribution is 0.0616. The zero-order valence-corrected chi connectivity index (χ0v) is 26.8. The Hall–Kier alpha value is -5.68. The van der Waals surface area contributed by atoms with E-state index in [9.17, 15) is 10.2 Å². The van der Waals surface area contributed by atoms with Crippen molar-refractivity contribution in [2.24, 2.45) is 0 Å². The Balaban J connectivity index is 1.27. The molecule has 0 saturated carbocycles. The summed E-state index contributed by atoms with van der Waals surface area (Å²) in [5.74, 6) is 0. The first-order chi connectivity index (χ1) is 23.2. The SMILES string of the molecule is Cc1ccc2c(ccc3c(-c4c(N)ccc5c4ccc4cc(C6(O)c7ccccc7C(C)(O)c7ccccc76)ccc45)c(N)ccc32)c1. The van der Waals surface area contributed by atoms with Crippen LogP contribution in [0.2, 0.25) is 0 Å². The molecule has 0 heterocycles. The molecule has 48 heavy (non-hydrogen) atoms. The highest BCUT2D eigenvalue weighted by Crippen LogP contribution is 2.51. The average molecular weight is 623 g/mol. The second-order valence-corrected chi connectivity index (χ2v) is 13.4. The van der Waals surface area contributed by atoms with Gasteiger partial charge in [-0.05, 0) is 103 Å². The maximum absolute atomic E-state index is 12.8. The van der Waals surface area contributed by atoms with Gasteiger partial charge < -0.3 is 21.7 Å². The van der Waals surface area contributed by atoms with Gasteiger partial charge in [0.2, 0.25) is 0 Å². The molecule has 0 spiro atoms. The monoisotopic (exact) mass is 622 g/mol. The molecule has 0 amide bonds. The van der Waals surface area contributed by atoms with Gasteiger partial charge in [-0.15, -0.1) is 0 Å². The predicted octanol–water partition coefficient (Wildman–Crippen LogP) is 9.29. The summed E-state index contributed by atoms with van der Waals surface area (Å²) in [6.45, 7) is 3.91. The second kappa shape index (κ2) is 9.91. The molecule has 4 heteroatoms. The summed E-state index contributed by atoms with van der Waals surface area (Å²) in [6, 6.07) is 44.7. The van der Waals surface area contributed by atoms with E-state index in [0.717, 1.165) is 49.0 Å². The van der Waals surface area contributed by atoms with Gasteiger partial charge in [-0.25, -0.2) is 0 Å². The van der Waals surface area contributed by atoms with Gasteiger partial charge >= 0.3 is 0 Å². The second-order valence-electron chi connectivity index (χ2n) is 13.4. The van der Waals surface area contributed by atoms with Crippen molar-refractivity contribution >= 4 is 54.5 Å². The van der Waals surface area contributed by atoms with Crippen LogP contribution in [0.5, 0.6) is 0 Å². The summed E-state index contributed by atoms with van der Waals surface area (Å²) in [5.41, 5.74) is 18.8. The van der Waals surface area contributed by atoms with E-state index in [1.54, 1.807) is 6.92 Å². The van der Waals surface area contributed by atoms with Gasteiger partial charge in [-0.2, -0.15) is 0 Å². The molecular weight excluding hydrogens is 588 g/mol. The van der Waals surface area contributed by atoms with Crippen LogP contribution in [0.1, 0.15) is 40.3 Å². The molecule has 6 N–H and O–H groups in total. The molecule has 0 radical (unpaired) electrons. The summed E-state index contributed by atoms with van der Waals surface area (Å²) < 4.78 is 0. The van der Waals surface area contributed by atoms with Crippen LogP contribution in [-0.4, -0.2) is 10.2 Å². The van der Waals surface area contributed by atoms with Crippen LogP contribution in [0.25, 0.3) is 54.2 Å². The average Bonchev–Trinajstić information content (AvgIpc) is 3.10. The fraction of sp³-hybridized carbons (Fsp3) is 0.0909. The highest BCUT2D eigenvalue weighted by Gasteiger charge is 2.47. The summed E-state index contributed by atoms with van der Waals surface area (Å²) in [4.78, 5) is 0. The fourth-order valence-electron chi connectivity index (χ4n) is 8.28. The molecule has 0 aromatic heterocycles. The predicted molar refractivity (Wildman–Crippen MR) is 199 cm³/mol. The van der Waals surface area contributed by atoms with Gasteiger partial charge in [0.25, 0.3) is 0 Å². The number of hydrogen-bond donors (Lipinski definition) is 4. The Morgan fingerprint density at radius 2 is 0.896 bits per heavy atom. The number of aliphatic hydroxyl groups is 2. The van der Waals surface area contributed by atoms with E-state index >= 15 is 0 Å². The van der Waals surface area contributed by atoms with Crippen LogP contribution in [0.4, 0.5) is 11.4 Å². The van der Waals surface area contributed by atoms with Crippen molar-refractivity contribution < 1.29 is 10.2 Å². The molecule has 1 aliphatic rings. The number of hydrogen-bond acceptors (Lipinski definition) is 4. The van der Waals surface area contributed by atoms with Gasteiger partial charge in [0.15, 0.2) is 0 Å². The Morgan fingerprint density at radius 3 is 1.44 bits per heavy atom. The third-order valence-electron chi connectivity index (χ3n) is 10.6. The van der Waals surface area contributed by atoms with E-state index in [-0.39, 0.29) is 0 Å². The first kappa shape index (κ1) is 28.5. The Labute approximate surface area is 278 Å². The zero-order valence-electron chi connectivity index (χ0n) is 26.8. The largest absolute Gasteiger partial charge is 0.398 e. The fourth-order valence-corrected chi connectivity index (χ4v) is 8.28. The lowest BCUT2D eigenvalue weighted by atomic mass is 9.66. The zero-order chi connectivity index (χ0) is 32.9. The number of nitrogens with two attached hydrogens (primary N) is 2. The minimum Gasteiger partial charge on any atom is -0.398 e. The highest BCUT2D eigenvalue weighted by molar-refractivity contribution is 6.21. The first-order valence-corrected chi connectivity index (χ1v) is 16.3. The smallest absolute Gasteiger partial charge is 0.141 e. The Morgan fingerprint density at radius 1 is 0.458 bits per heavy atom. The van der Waals surface area contributed by atoms with E-state index in [1.807, 2.05) is 66.7 Å². The van der Waals surface area contributed by atoms with Crippen molar-refractivity contribution in [3.8, 4) is 11.1 Å². The quantitative estimate of drug-likeness (QED) is 0.114. The van der Waals surface area contributed by atoms with Gasteiger partial charge in [-0.1, -0.05) is 121 Å². The summed E-state index contributed by atoms with van der Waals surface area (Å²) in [6.07, 6.45) is 0. The van der Waals surface area contributed by atoms with Crippen molar-refractivity contribution in [2.45, 2.75) is 25.0 Å². The molecule has 0 aliphatic heterocycles. The number of benzene rings is 8. The van der Waals surface area contributed by atoms with Gasteiger partial charge in [-0.3, -0.25) is 0 Å². The van der Waals surface area contributed by atoms with E-state index in [1.165, 1.54) is 16.3 Å². The number of fused-ring (bicyclic) bond motifs is 8. The number of anilines is 2. The standard InChI is InChI=1S/C44H34N2O2/c1-25-11-15-29-26(23-25)12-16-33-31(29)19-21-39(45)41(33)42-34-17-13-27-24-28(14-18-30(27)32(34)20-22-40(42)46)44(48)37-9-5-3-7-35(37)43(2,47)36-8-4-6-10-38(36)44/h3-24,47-48H,45-46H2,1-2H3. The van der Waals surface area contributed by atoms with Crippen molar-refractivity contribution in [1.82, 2.24) is 0 Å². The maximum atomic E-state index is 12.8. The minimum atomic E-state index is -1.45. The molecule has 0 bridgehead atoms. The number of nitrogen functional groups attached to an aromatic ring is 2. The van der Waals surface area contributed by atoms with Crippen LogP contribution >= 0.6 is 0 Å². The van der Waals surface area contributed by atoms with Gasteiger partial charge in [0, 0.05) is 22.5 Å². The molecule has 0 unspecified atom stereocenters. The molecule has 232 valence electrons. The van der Waals surface area contributed by atoms with Crippen molar-refractivity contribution in [3.63, 3.8) is 0 Å². The molecule has 8 aromatic rings. The van der Waals surface area contributed by atoms with Crippen LogP contribution in [0.15, 0.2) is 133 Å². The maximum Gasteiger partial charge on any atom is 0.141 e. The van der Waals surface area contributed by atoms with Crippen molar-refractivity contribution in [1.29, 1.82) is 0 Å². The van der Waals surface area contributed by atoms with Crippen LogP contribution in [0, 0.1) is 6.92 Å². The molecule has 9 rings (SSSR count). The van der Waals surface area contributed by atoms with Crippen molar-refractivity contribution in [3.05, 3.63) is 167 Å². The molecular formula is C44H34N2O2. The topological polar surface area (TPSA) is 92.5 Å². The third kappa shape index (κ3) is 3.79. The number of rotatable bonds is 2. The molecule has 0 atom stereocenters. The molecule has 8 aromatic carbocycles. The lowest BCUT2D eigenvalue weighted by Crippen LogP contribution is -2.42. The minimum absolute atomic E-state index is 0.665. The normalized spacial score (nSPS) is 18.8. The van der Waals surface area contributed by atoms with Gasteiger partial charge in [0.05, 0.1) is 0 Å². The molecule has 0 fully saturated rings. The van der Waals surface area contributed by atoms with Gasteiger partial charge in [0.1, 0.15) is 11.2 Å². The Kier molecular flexibility index (Phi) is 5.89. The first-order valence-electron chi connectivity index (χ1n) is 16.3. The van der Waals surface area contributed by atoms with Crippen LogP contribution in [0.3, 0.4) is 0 Å². The lowest BCUT2D eigenvalue weighted by Gasteiger charge is -2.43. The summed E-state index contributed by atoms with van der Waals surface area (Å²) in [5, 5.41) is 33.1. The van der Waals surface area contributed by atoms with Crippen molar-refractivity contribution in [2.75, 3.05) is 11.5 Å². The third-order valence-corrected chi connectivity index (χ3v) is 10.6. The molecule has 4 nitrogen and oxygen atoms in total. The van der Waals surface area contributed by atoms with E-state index in [2.05, 4.69) is 73.7 Å². The van der Waals surface area contributed by atoms with Crippen LogP contribution < -0.4 is 11.5 Å². The summed E-state index contributed by atoms with van der Waals surface area (Å²) in [7, 11) is 0. The van der Waals surface area contributed by atoms with E-state index in [0.29, 0.717) is 33.6 Å². The highest BCUT2D eigenvalue weighted by atomic mass is 16.3. The molecule has 0 saturated heterocycles. The van der Waals surface area contributed by atoms with Crippen LogP contribution in [-0.2, 0) is 11.2 Å². The van der Waals surface area contributed by atoms with E-state index < -0.39 is 11.2 Å². The number of aryl methyl sites for hydroxylation is 1. The Bertz CT molecular complexity index is 2600.